The first-order chi connectivity index (χ1) is 11.7. The summed E-state index contributed by atoms with van der Waals surface area (Å²) in [5.74, 6) is 7.78. The summed E-state index contributed by atoms with van der Waals surface area (Å²) in [5.41, 5.74) is 1.82. The molecule has 1 atom stereocenters. The molecule has 1 aromatic rings. The molecular weight excluding hydrogens is 302 g/mol. The minimum Gasteiger partial charge on any atom is -0.207 e. The van der Waals surface area contributed by atoms with Gasteiger partial charge in [0.05, 0.1) is 0 Å². The number of halogens is 2. The highest BCUT2D eigenvalue weighted by molar-refractivity contribution is 5.66. The van der Waals surface area contributed by atoms with Crippen LogP contribution in [0.5, 0.6) is 0 Å². The Morgan fingerprint density at radius 1 is 0.958 bits per heavy atom. The predicted octanol–water partition coefficient (Wildman–Crippen LogP) is 6.37. The van der Waals surface area contributed by atoms with Crippen LogP contribution in [0.3, 0.4) is 0 Å². The van der Waals surface area contributed by atoms with Crippen LogP contribution in [0.4, 0.5) is 8.78 Å². The van der Waals surface area contributed by atoms with Crippen molar-refractivity contribution in [3.63, 3.8) is 0 Å². The fourth-order valence-corrected chi connectivity index (χ4v) is 4.27. The number of hydrogen-bond acceptors (Lipinski definition) is 0. The molecule has 2 heteroatoms. The Bertz CT molecular complexity index is 634. The molecule has 0 radical (unpaired) electrons. The molecule has 1 saturated carbocycles. The largest absolute Gasteiger partial charge is 0.207 e. The van der Waals surface area contributed by atoms with E-state index in [2.05, 4.69) is 24.8 Å². The van der Waals surface area contributed by atoms with E-state index in [0.29, 0.717) is 11.5 Å². The monoisotopic (exact) mass is 328 g/mol. The summed E-state index contributed by atoms with van der Waals surface area (Å²) in [6, 6.07) is 3.84. The molecule has 0 saturated heterocycles. The van der Waals surface area contributed by atoms with Crippen LogP contribution in [0, 0.1) is 41.2 Å². The molecule has 0 spiro atoms. The van der Waals surface area contributed by atoms with Gasteiger partial charge in [-0.05, 0) is 80.1 Å². The second kappa shape index (κ2) is 7.97. The van der Waals surface area contributed by atoms with E-state index in [-0.39, 0.29) is 0 Å². The van der Waals surface area contributed by atoms with Gasteiger partial charge in [0.25, 0.3) is 0 Å². The molecule has 0 aromatic heterocycles. The van der Waals surface area contributed by atoms with Crippen molar-refractivity contribution in [2.45, 2.75) is 58.3 Å². The third-order valence-electron chi connectivity index (χ3n) is 5.61. The summed E-state index contributed by atoms with van der Waals surface area (Å²) in [5, 5.41) is 0. The van der Waals surface area contributed by atoms with Crippen LogP contribution in [0.15, 0.2) is 24.3 Å². The average molecular weight is 328 g/mol. The molecule has 2 aliphatic rings. The quantitative estimate of drug-likeness (QED) is 0.553. The lowest BCUT2D eigenvalue weighted by Gasteiger charge is -2.34. The third kappa shape index (κ3) is 4.26. The van der Waals surface area contributed by atoms with Gasteiger partial charge in [0.2, 0.25) is 0 Å². The maximum atomic E-state index is 13.4. The molecule has 128 valence electrons. The molecule has 0 bridgehead atoms. The van der Waals surface area contributed by atoms with E-state index in [4.69, 9.17) is 0 Å². The first-order valence-electron chi connectivity index (χ1n) is 9.29. The zero-order chi connectivity index (χ0) is 16.9. The van der Waals surface area contributed by atoms with E-state index < -0.39 is 11.6 Å². The van der Waals surface area contributed by atoms with Crippen molar-refractivity contribution in [1.29, 1.82) is 0 Å². The summed E-state index contributed by atoms with van der Waals surface area (Å²) in [6.07, 6.45) is 11.3. The van der Waals surface area contributed by atoms with Gasteiger partial charge in [0.1, 0.15) is 11.6 Å². The fraction of sp³-hybridized carbons (Fsp3) is 0.545. The van der Waals surface area contributed by atoms with Crippen LogP contribution in [0.2, 0.25) is 0 Å². The molecular formula is C22H26F2. The lowest BCUT2D eigenvalue weighted by molar-refractivity contribution is 0.215. The molecule has 0 nitrogen and oxygen atoms in total. The molecule has 2 aliphatic carbocycles. The lowest BCUT2D eigenvalue weighted by Crippen LogP contribution is -2.22. The summed E-state index contributed by atoms with van der Waals surface area (Å²) in [4.78, 5) is 0. The van der Waals surface area contributed by atoms with Gasteiger partial charge >= 0.3 is 0 Å². The smallest absolute Gasteiger partial charge is 0.126 e. The minimum atomic E-state index is -0.487. The molecule has 1 fully saturated rings. The van der Waals surface area contributed by atoms with Crippen molar-refractivity contribution in [2.24, 2.45) is 17.8 Å². The Hall–Kier alpha value is -1.62. The van der Waals surface area contributed by atoms with Gasteiger partial charge in [-0.15, -0.1) is 5.92 Å². The van der Waals surface area contributed by atoms with E-state index in [9.17, 15) is 8.78 Å². The Kier molecular flexibility index (Phi) is 5.72. The van der Waals surface area contributed by atoms with Crippen molar-refractivity contribution in [3.05, 3.63) is 41.5 Å². The van der Waals surface area contributed by atoms with Crippen LogP contribution in [-0.2, 0) is 0 Å². The molecule has 1 aromatic carbocycles. The molecule has 1 unspecified atom stereocenters. The number of allylic oxidation sites excluding steroid dienone is 2. The molecule has 0 amide bonds. The first-order valence-corrected chi connectivity index (χ1v) is 9.29. The van der Waals surface area contributed by atoms with Gasteiger partial charge in [-0.2, -0.15) is 0 Å². The van der Waals surface area contributed by atoms with Crippen LogP contribution in [0.1, 0.15) is 63.9 Å². The fourth-order valence-electron chi connectivity index (χ4n) is 4.27. The standard InChI is InChI=1S/C22H26F2/c1-2-3-4-16-5-7-17(8-6-16)18-9-11-19(12-10-18)20-13-21(23)15-22(24)14-20/h11,13-18H,2,5-10,12H2,1H3. The summed E-state index contributed by atoms with van der Waals surface area (Å²) < 4.78 is 26.8. The van der Waals surface area contributed by atoms with Gasteiger partial charge < -0.3 is 0 Å². The maximum absolute atomic E-state index is 13.4. The van der Waals surface area contributed by atoms with E-state index in [0.717, 1.165) is 49.2 Å². The minimum absolute atomic E-state index is 0.487. The van der Waals surface area contributed by atoms with Crippen molar-refractivity contribution >= 4 is 5.57 Å². The Balaban J connectivity index is 1.58. The van der Waals surface area contributed by atoms with Crippen LogP contribution in [-0.4, -0.2) is 0 Å². The highest BCUT2D eigenvalue weighted by Crippen LogP contribution is 2.41. The van der Waals surface area contributed by atoms with E-state index in [1.165, 1.54) is 37.8 Å². The van der Waals surface area contributed by atoms with Crippen molar-refractivity contribution in [3.8, 4) is 11.8 Å². The van der Waals surface area contributed by atoms with Crippen molar-refractivity contribution < 1.29 is 8.78 Å². The lowest BCUT2D eigenvalue weighted by atomic mass is 9.71. The highest BCUT2D eigenvalue weighted by atomic mass is 19.1. The predicted molar refractivity (Wildman–Crippen MR) is 95.2 cm³/mol. The Labute approximate surface area is 144 Å². The van der Waals surface area contributed by atoms with Crippen LogP contribution >= 0.6 is 0 Å². The number of benzene rings is 1. The molecule has 24 heavy (non-hydrogen) atoms. The summed E-state index contributed by atoms with van der Waals surface area (Å²) in [7, 11) is 0. The van der Waals surface area contributed by atoms with Gasteiger partial charge in [-0.3, -0.25) is 0 Å². The topological polar surface area (TPSA) is 0 Å². The number of rotatable bonds is 2. The van der Waals surface area contributed by atoms with E-state index in [1.807, 2.05) is 0 Å². The van der Waals surface area contributed by atoms with Gasteiger partial charge in [0, 0.05) is 18.4 Å². The zero-order valence-corrected chi connectivity index (χ0v) is 14.5. The second-order valence-electron chi connectivity index (χ2n) is 7.21. The Morgan fingerprint density at radius 2 is 1.67 bits per heavy atom. The maximum Gasteiger partial charge on any atom is 0.126 e. The van der Waals surface area contributed by atoms with Crippen molar-refractivity contribution in [1.82, 2.24) is 0 Å². The zero-order valence-electron chi connectivity index (χ0n) is 14.5. The normalized spacial score (nSPS) is 27.1. The molecule has 0 N–H and O–H groups in total. The van der Waals surface area contributed by atoms with E-state index in [1.54, 1.807) is 0 Å². The molecule has 0 heterocycles. The van der Waals surface area contributed by atoms with Crippen LogP contribution < -0.4 is 0 Å². The third-order valence-corrected chi connectivity index (χ3v) is 5.61. The van der Waals surface area contributed by atoms with Gasteiger partial charge in [-0.25, -0.2) is 8.78 Å². The summed E-state index contributed by atoms with van der Waals surface area (Å²) >= 11 is 0. The Morgan fingerprint density at radius 3 is 2.25 bits per heavy atom. The highest BCUT2D eigenvalue weighted by Gasteiger charge is 2.28. The van der Waals surface area contributed by atoms with E-state index >= 15 is 0 Å². The first kappa shape index (κ1) is 17.2. The SMILES string of the molecule is CCC#CC1CCC(C2CC=C(c3cc(F)cc(F)c3)CC2)CC1. The second-order valence-corrected chi connectivity index (χ2v) is 7.21. The molecule has 0 aliphatic heterocycles. The average Bonchev–Trinajstić information content (AvgIpc) is 2.60. The van der Waals surface area contributed by atoms with Gasteiger partial charge in [0.15, 0.2) is 0 Å². The van der Waals surface area contributed by atoms with Crippen molar-refractivity contribution in [2.75, 3.05) is 0 Å². The van der Waals surface area contributed by atoms with Gasteiger partial charge in [-0.1, -0.05) is 18.9 Å². The number of hydrogen-bond donors (Lipinski definition) is 0. The summed E-state index contributed by atoms with van der Waals surface area (Å²) in [6.45, 7) is 2.11. The molecule has 3 rings (SSSR count). The van der Waals surface area contributed by atoms with Crippen LogP contribution in [0.25, 0.3) is 5.57 Å².